The number of ether oxygens (including phenoxy) is 1. The molecule has 2 amide bonds. The van der Waals surface area contributed by atoms with Gasteiger partial charge in [0, 0.05) is 36.6 Å². The number of amides is 2. The minimum atomic E-state index is -5.08. The van der Waals surface area contributed by atoms with Crippen LogP contribution in [-0.4, -0.2) is 47.1 Å². The zero-order valence-corrected chi connectivity index (χ0v) is 21.2. The smallest absolute Gasteiger partial charge is 0.475 e. The summed E-state index contributed by atoms with van der Waals surface area (Å²) in [5.41, 5.74) is 2.09. The molecule has 0 saturated carbocycles. The van der Waals surface area contributed by atoms with Crippen LogP contribution in [0.15, 0.2) is 67.0 Å². The van der Waals surface area contributed by atoms with Gasteiger partial charge in [-0.3, -0.25) is 14.6 Å². The molecule has 0 radical (unpaired) electrons. The van der Waals surface area contributed by atoms with Crippen LogP contribution < -0.4 is 20.3 Å². The van der Waals surface area contributed by atoms with Crippen molar-refractivity contribution >= 4 is 29.2 Å². The molecular formula is C27H26F4N4O5. The zero-order valence-electron chi connectivity index (χ0n) is 21.2. The fourth-order valence-electron chi connectivity index (χ4n) is 3.65. The van der Waals surface area contributed by atoms with Gasteiger partial charge in [0.2, 0.25) is 11.8 Å². The molecule has 1 atom stereocenters. The number of carbonyl (C=O) groups is 3. The number of aliphatic carboxylic acids is 1. The van der Waals surface area contributed by atoms with Gasteiger partial charge in [0.15, 0.2) is 11.6 Å². The Balaban J connectivity index is 0.000000559. The largest absolute Gasteiger partial charge is 0.490 e. The van der Waals surface area contributed by atoms with E-state index in [2.05, 4.69) is 15.6 Å². The van der Waals surface area contributed by atoms with E-state index in [9.17, 15) is 27.2 Å². The van der Waals surface area contributed by atoms with Crippen molar-refractivity contribution in [2.45, 2.75) is 32.0 Å². The highest BCUT2D eigenvalue weighted by molar-refractivity contribution is 5.97. The number of hydrogen-bond acceptors (Lipinski definition) is 6. The normalized spacial score (nSPS) is 13.7. The maximum absolute atomic E-state index is 14.5. The fraction of sp³-hybridized carbons (Fsp3) is 0.259. The first-order chi connectivity index (χ1) is 18.9. The summed E-state index contributed by atoms with van der Waals surface area (Å²) < 4.78 is 51.7. The number of nitrogens with zero attached hydrogens (tertiary/aromatic N) is 2. The monoisotopic (exact) mass is 562 g/mol. The molecule has 1 aromatic heterocycles. The van der Waals surface area contributed by atoms with Crippen LogP contribution in [0, 0.1) is 5.82 Å². The van der Waals surface area contributed by atoms with Gasteiger partial charge >= 0.3 is 12.1 Å². The summed E-state index contributed by atoms with van der Waals surface area (Å²) >= 11 is 0. The van der Waals surface area contributed by atoms with Crippen molar-refractivity contribution in [1.82, 2.24) is 10.3 Å². The molecule has 2 heterocycles. The van der Waals surface area contributed by atoms with Crippen LogP contribution in [0.5, 0.6) is 11.5 Å². The van der Waals surface area contributed by atoms with Crippen LogP contribution in [0.1, 0.15) is 31.4 Å². The van der Waals surface area contributed by atoms with E-state index in [4.69, 9.17) is 14.6 Å². The van der Waals surface area contributed by atoms with Gasteiger partial charge in [-0.05, 0) is 61.4 Å². The number of nitrogens with one attached hydrogen (secondary N) is 2. The Morgan fingerprint density at radius 1 is 1.15 bits per heavy atom. The highest BCUT2D eigenvalue weighted by Gasteiger charge is 2.38. The number of pyridine rings is 1. The molecule has 2 aromatic carbocycles. The maximum Gasteiger partial charge on any atom is 0.490 e. The van der Waals surface area contributed by atoms with E-state index in [1.165, 1.54) is 12.3 Å². The summed E-state index contributed by atoms with van der Waals surface area (Å²) in [4.78, 5) is 38.9. The summed E-state index contributed by atoms with van der Waals surface area (Å²) in [6, 6.07) is 15.1. The summed E-state index contributed by atoms with van der Waals surface area (Å²) in [5.74, 6) is -2.84. The Bertz CT molecular complexity index is 1340. The summed E-state index contributed by atoms with van der Waals surface area (Å²) in [5, 5.41) is 13.1. The zero-order chi connectivity index (χ0) is 29.3. The highest BCUT2D eigenvalue weighted by atomic mass is 19.4. The molecule has 9 nitrogen and oxygen atoms in total. The van der Waals surface area contributed by atoms with Crippen LogP contribution in [0.2, 0.25) is 0 Å². The van der Waals surface area contributed by atoms with E-state index >= 15 is 0 Å². The molecule has 1 fully saturated rings. The van der Waals surface area contributed by atoms with Crippen molar-refractivity contribution in [3.8, 4) is 11.5 Å². The molecule has 13 heteroatoms. The van der Waals surface area contributed by atoms with E-state index in [1.807, 2.05) is 19.1 Å². The lowest BCUT2D eigenvalue weighted by Gasteiger charge is -2.17. The fourth-order valence-corrected chi connectivity index (χ4v) is 3.65. The number of halogens is 4. The number of anilines is 2. The Morgan fingerprint density at radius 3 is 2.50 bits per heavy atom. The number of alkyl halides is 3. The van der Waals surface area contributed by atoms with Crippen molar-refractivity contribution < 1.29 is 41.8 Å². The first kappa shape index (κ1) is 30.0. The second-order valence-electron chi connectivity index (χ2n) is 8.63. The summed E-state index contributed by atoms with van der Waals surface area (Å²) in [7, 11) is 0. The SMILES string of the molecule is CC(NCC(=O)Nc1cccc(N2CCCC2=O)c1)c1ccc(Oc2cccnc2)c(F)c1.O=C(O)C(F)(F)F. The molecule has 3 N–H and O–H groups in total. The number of carbonyl (C=O) groups excluding carboxylic acids is 2. The van der Waals surface area contributed by atoms with Gasteiger partial charge in [0.05, 0.1) is 12.7 Å². The summed E-state index contributed by atoms with van der Waals surface area (Å²) in [6.07, 6.45) is -0.570. The highest BCUT2D eigenvalue weighted by Crippen LogP contribution is 2.27. The lowest BCUT2D eigenvalue weighted by Crippen LogP contribution is -2.30. The van der Waals surface area contributed by atoms with Gasteiger partial charge in [-0.1, -0.05) is 12.1 Å². The Labute approximate surface area is 226 Å². The third-order valence-corrected chi connectivity index (χ3v) is 5.64. The van der Waals surface area contributed by atoms with Gasteiger partial charge < -0.3 is 25.4 Å². The minimum Gasteiger partial charge on any atom is -0.475 e. The third kappa shape index (κ3) is 8.76. The van der Waals surface area contributed by atoms with Crippen molar-refractivity contribution in [1.29, 1.82) is 0 Å². The predicted molar refractivity (Wildman–Crippen MR) is 137 cm³/mol. The quantitative estimate of drug-likeness (QED) is 0.328. The average molecular weight is 563 g/mol. The molecule has 1 unspecified atom stereocenters. The van der Waals surface area contributed by atoms with Crippen molar-refractivity contribution in [3.05, 3.63) is 78.4 Å². The number of carboxylic acids is 1. The van der Waals surface area contributed by atoms with E-state index in [0.29, 0.717) is 30.0 Å². The van der Waals surface area contributed by atoms with E-state index in [-0.39, 0.29) is 30.2 Å². The van der Waals surface area contributed by atoms with Crippen molar-refractivity contribution in [2.75, 3.05) is 23.3 Å². The number of rotatable bonds is 8. The average Bonchev–Trinajstić information content (AvgIpc) is 3.35. The van der Waals surface area contributed by atoms with Crippen LogP contribution in [0.3, 0.4) is 0 Å². The predicted octanol–water partition coefficient (Wildman–Crippen LogP) is 5.06. The van der Waals surface area contributed by atoms with Crippen molar-refractivity contribution in [3.63, 3.8) is 0 Å². The lowest BCUT2D eigenvalue weighted by molar-refractivity contribution is -0.192. The van der Waals surface area contributed by atoms with Gasteiger partial charge in [0.1, 0.15) is 5.75 Å². The van der Waals surface area contributed by atoms with E-state index in [0.717, 1.165) is 12.1 Å². The molecule has 4 rings (SSSR count). The van der Waals surface area contributed by atoms with Crippen LogP contribution in [0.4, 0.5) is 28.9 Å². The minimum absolute atomic E-state index is 0.0452. The first-order valence-electron chi connectivity index (χ1n) is 12.0. The number of aromatic nitrogens is 1. The Kier molecular flexibility index (Phi) is 10.1. The van der Waals surface area contributed by atoms with Gasteiger partial charge in [-0.2, -0.15) is 13.2 Å². The topological polar surface area (TPSA) is 121 Å². The van der Waals surface area contributed by atoms with Crippen LogP contribution in [0.25, 0.3) is 0 Å². The molecule has 1 saturated heterocycles. The lowest BCUT2D eigenvalue weighted by atomic mass is 10.1. The maximum atomic E-state index is 14.5. The first-order valence-corrected chi connectivity index (χ1v) is 12.0. The Morgan fingerprint density at radius 2 is 1.90 bits per heavy atom. The van der Waals surface area contributed by atoms with Gasteiger partial charge in [-0.15, -0.1) is 0 Å². The van der Waals surface area contributed by atoms with Gasteiger partial charge in [-0.25, -0.2) is 9.18 Å². The van der Waals surface area contributed by atoms with E-state index in [1.54, 1.807) is 47.5 Å². The molecule has 1 aliphatic rings. The third-order valence-electron chi connectivity index (χ3n) is 5.64. The standard InChI is InChI=1S/C25H25FN4O3.C2HF3O2/c1-17(18-9-10-23(22(26)13-18)33-21-7-3-11-27-15-21)28-16-24(31)29-19-5-2-6-20(14-19)30-12-4-8-25(30)32;3-2(4,5)1(6)7/h2-3,5-7,9-11,13-15,17,28H,4,8,12,16H2,1H3,(H,29,31);(H,6,7). The van der Waals surface area contributed by atoms with Gasteiger partial charge in [0.25, 0.3) is 0 Å². The Hall–Kier alpha value is -4.52. The molecule has 40 heavy (non-hydrogen) atoms. The van der Waals surface area contributed by atoms with Crippen LogP contribution >= 0.6 is 0 Å². The molecule has 212 valence electrons. The van der Waals surface area contributed by atoms with Crippen LogP contribution in [-0.2, 0) is 14.4 Å². The molecule has 0 spiro atoms. The van der Waals surface area contributed by atoms with E-state index < -0.39 is 18.0 Å². The molecule has 1 aliphatic heterocycles. The number of benzene rings is 2. The molecule has 3 aromatic rings. The second kappa shape index (κ2) is 13.5. The molecule has 0 aliphatic carbocycles. The molecular weight excluding hydrogens is 536 g/mol. The van der Waals surface area contributed by atoms with Crippen molar-refractivity contribution in [2.24, 2.45) is 0 Å². The second-order valence-corrected chi connectivity index (χ2v) is 8.63. The number of carboxylic acid groups (broad SMARTS) is 1. The number of hydrogen-bond donors (Lipinski definition) is 3. The summed E-state index contributed by atoms with van der Waals surface area (Å²) in [6.45, 7) is 2.59. The molecule has 0 bridgehead atoms.